The highest BCUT2D eigenvalue weighted by Gasteiger charge is 2.70. The van der Waals surface area contributed by atoms with Crippen LogP contribution >= 0.6 is 0 Å². The third-order valence-corrected chi connectivity index (χ3v) is 10.2. The van der Waals surface area contributed by atoms with Crippen LogP contribution in [0, 0.1) is 11.8 Å². The van der Waals surface area contributed by atoms with Crippen LogP contribution in [0.3, 0.4) is 0 Å². The Kier molecular flexibility index (Phi) is 16.3. The lowest BCUT2D eigenvalue weighted by atomic mass is 9.60. The van der Waals surface area contributed by atoms with Crippen molar-refractivity contribution < 1.29 is 58.4 Å². The maximum atomic E-state index is 16.1. The minimum absolute atomic E-state index is 0.0227. The molecule has 1 aromatic carbocycles. The van der Waals surface area contributed by atoms with Crippen LogP contribution in [0.1, 0.15) is 94.6 Å². The number of hydrogen-bond donors (Lipinski definition) is 3. The summed E-state index contributed by atoms with van der Waals surface area (Å²) in [7, 11) is 3.33. The first-order valence-electron chi connectivity index (χ1n) is 18.1. The molecule has 54 heavy (non-hydrogen) atoms. The van der Waals surface area contributed by atoms with Gasteiger partial charge in [0.25, 0.3) is 11.8 Å². The average molecular weight is 764 g/mol. The second-order valence-corrected chi connectivity index (χ2v) is 15.2. The molecule has 0 aliphatic rings. The summed E-state index contributed by atoms with van der Waals surface area (Å²) in [4.78, 5) is 103. The summed E-state index contributed by atoms with van der Waals surface area (Å²) in [5, 5.41) is 32.9. The normalized spacial score (nSPS) is 17.8. The van der Waals surface area contributed by atoms with Gasteiger partial charge in [-0.2, -0.15) is 0 Å². The summed E-state index contributed by atoms with van der Waals surface area (Å²) < 4.78 is 10.8. The SMILES string of the molecule is CC[C@H](C)[C@](C(=O)[C@](C)(O)C(=O)OC(C)(C)C)(C(=O)[C@](C(=O)[C@H](C)N(C)C(=O)OCc1ccccc1)([C@@H](C)CC)N(C)C(=O)[C@@H](C)O)N(C)C(=O)[C@@H](C)O. The molecule has 0 saturated carbocycles. The van der Waals surface area contributed by atoms with Gasteiger partial charge in [0.05, 0.1) is 6.04 Å². The molecule has 0 spiro atoms. The van der Waals surface area contributed by atoms with Crippen molar-refractivity contribution in [3.8, 4) is 0 Å². The van der Waals surface area contributed by atoms with Gasteiger partial charge in [-0.1, -0.05) is 70.9 Å². The molecule has 1 rings (SSSR count). The maximum Gasteiger partial charge on any atom is 0.410 e. The topological polar surface area (TPSA) is 208 Å². The zero-order valence-corrected chi connectivity index (χ0v) is 34.3. The van der Waals surface area contributed by atoms with E-state index in [0.717, 1.165) is 39.8 Å². The average Bonchev–Trinajstić information content (AvgIpc) is 3.11. The third kappa shape index (κ3) is 9.35. The van der Waals surface area contributed by atoms with Gasteiger partial charge in [0, 0.05) is 21.1 Å². The molecule has 3 amide bonds. The standard InChI is InChI=1S/C39H61N3O12/c1-15-23(3)38(41(13)30(46)26(6)43,29(45)25(5)40(12)35(51)53-22-28-20-18-17-19-21-28)33(49)39(24(4)16-2,42(14)31(47)27(7)44)32(48)37(11,52)34(50)54-36(8,9)10/h17-21,23-27,43-44,52H,15-16,22H2,1-14H3/t23-,24-,25-,26+,27+,37-,38+,39-/m0/s1. The highest BCUT2D eigenvalue weighted by molar-refractivity contribution is 6.30. The van der Waals surface area contributed by atoms with Crippen molar-refractivity contribution in [3.05, 3.63) is 35.9 Å². The second-order valence-electron chi connectivity index (χ2n) is 15.2. The molecule has 8 atom stereocenters. The molecule has 3 N–H and O–H groups in total. The number of Topliss-reactive ketones (excluding diaryl/α,β-unsaturated/α-hetero) is 3. The Labute approximate surface area is 318 Å². The summed E-state index contributed by atoms with van der Waals surface area (Å²) in [6.45, 7) is 14.5. The van der Waals surface area contributed by atoms with Crippen molar-refractivity contribution in [1.29, 1.82) is 0 Å². The number of ketones is 3. The number of aliphatic hydroxyl groups is 3. The first kappa shape index (κ1) is 47.8. The van der Waals surface area contributed by atoms with Gasteiger partial charge in [-0.3, -0.25) is 24.0 Å². The molecule has 0 radical (unpaired) electrons. The molecule has 0 heterocycles. The lowest BCUT2D eigenvalue weighted by molar-refractivity contribution is -0.188. The van der Waals surface area contributed by atoms with Crippen LogP contribution in [-0.4, -0.2) is 133 Å². The Morgan fingerprint density at radius 3 is 1.54 bits per heavy atom. The van der Waals surface area contributed by atoms with E-state index in [1.165, 1.54) is 48.6 Å². The van der Waals surface area contributed by atoms with Crippen LogP contribution in [0.5, 0.6) is 0 Å². The molecular formula is C39H61N3O12. The Bertz CT molecular complexity index is 1540. The van der Waals surface area contributed by atoms with E-state index in [2.05, 4.69) is 0 Å². The molecule has 0 aliphatic heterocycles. The van der Waals surface area contributed by atoms with Crippen molar-refractivity contribution in [2.75, 3.05) is 21.1 Å². The summed E-state index contributed by atoms with van der Waals surface area (Å²) >= 11 is 0. The van der Waals surface area contributed by atoms with Crippen LogP contribution in [0.4, 0.5) is 4.79 Å². The fraction of sp³-hybridized carbons (Fsp3) is 0.667. The van der Waals surface area contributed by atoms with E-state index < -0.39 is 93.6 Å². The lowest BCUT2D eigenvalue weighted by Crippen LogP contribution is -2.80. The molecule has 15 nitrogen and oxygen atoms in total. The number of hydrogen-bond acceptors (Lipinski definition) is 12. The highest BCUT2D eigenvalue weighted by atomic mass is 16.6. The van der Waals surface area contributed by atoms with Gasteiger partial charge in [-0.15, -0.1) is 0 Å². The molecule has 0 aliphatic carbocycles. The summed E-state index contributed by atoms with van der Waals surface area (Å²) in [5.41, 5.74) is -9.50. The van der Waals surface area contributed by atoms with Gasteiger partial charge in [-0.05, 0) is 65.9 Å². The van der Waals surface area contributed by atoms with E-state index in [-0.39, 0.29) is 19.4 Å². The number of amides is 3. The molecule has 304 valence electrons. The molecule has 0 fully saturated rings. The van der Waals surface area contributed by atoms with Crippen molar-refractivity contribution in [3.63, 3.8) is 0 Å². The van der Waals surface area contributed by atoms with Gasteiger partial charge in [0.1, 0.15) is 24.4 Å². The van der Waals surface area contributed by atoms with E-state index in [4.69, 9.17) is 9.47 Å². The van der Waals surface area contributed by atoms with Gasteiger partial charge in [-0.25, -0.2) is 9.59 Å². The summed E-state index contributed by atoms with van der Waals surface area (Å²) in [6.07, 6.45) is -4.71. The van der Waals surface area contributed by atoms with E-state index in [0.29, 0.717) is 15.4 Å². The monoisotopic (exact) mass is 763 g/mol. The zero-order valence-electron chi connectivity index (χ0n) is 34.3. The number of benzene rings is 1. The number of aliphatic hydroxyl groups excluding tert-OH is 2. The minimum Gasteiger partial charge on any atom is -0.457 e. The van der Waals surface area contributed by atoms with E-state index >= 15 is 14.4 Å². The Morgan fingerprint density at radius 1 is 0.704 bits per heavy atom. The molecule has 0 bridgehead atoms. The smallest absolute Gasteiger partial charge is 0.410 e. The summed E-state index contributed by atoms with van der Waals surface area (Å²) in [6, 6.07) is 7.12. The number of nitrogens with zero attached hydrogens (tertiary/aromatic N) is 3. The Balaban J connectivity index is 4.44. The number of esters is 1. The number of rotatable bonds is 18. The quantitative estimate of drug-likeness (QED) is 0.146. The number of ether oxygens (including phenoxy) is 2. The lowest BCUT2D eigenvalue weighted by Gasteiger charge is -2.54. The number of carbonyl (C=O) groups excluding carboxylic acids is 7. The van der Waals surface area contributed by atoms with Crippen molar-refractivity contribution in [2.45, 2.75) is 136 Å². The Hall–Kier alpha value is -4.21. The van der Waals surface area contributed by atoms with Crippen LogP contribution in [-0.2, 0) is 44.8 Å². The summed E-state index contributed by atoms with van der Waals surface area (Å²) in [5.74, 6) is -10.4. The molecule has 0 saturated heterocycles. The van der Waals surface area contributed by atoms with Gasteiger partial charge in [0.2, 0.25) is 11.4 Å². The number of carbonyl (C=O) groups is 7. The van der Waals surface area contributed by atoms with Gasteiger partial charge < -0.3 is 39.5 Å². The zero-order chi connectivity index (χ0) is 42.3. The van der Waals surface area contributed by atoms with E-state index in [1.807, 2.05) is 0 Å². The molecule has 0 aromatic heterocycles. The molecule has 1 aromatic rings. The Morgan fingerprint density at radius 2 is 1.13 bits per heavy atom. The number of likely N-dealkylation sites (N-methyl/N-ethyl adjacent to an activating group) is 3. The van der Waals surface area contributed by atoms with E-state index in [9.17, 15) is 34.5 Å². The fourth-order valence-corrected chi connectivity index (χ4v) is 6.52. The minimum atomic E-state index is -3.15. The van der Waals surface area contributed by atoms with Gasteiger partial charge in [0.15, 0.2) is 22.6 Å². The first-order chi connectivity index (χ1) is 24.7. The van der Waals surface area contributed by atoms with Crippen LogP contribution in [0.15, 0.2) is 30.3 Å². The van der Waals surface area contributed by atoms with E-state index in [1.54, 1.807) is 44.2 Å². The van der Waals surface area contributed by atoms with Crippen LogP contribution in [0.25, 0.3) is 0 Å². The van der Waals surface area contributed by atoms with Gasteiger partial charge >= 0.3 is 12.1 Å². The fourth-order valence-electron chi connectivity index (χ4n) is 6.52. The molecule has 0 unspecified atom stereocenters. The third-order valence-electron chi connectivity index (χ3n) is 10.2. The second kappa shape index (κ2) is 18.4. The first-order valence-corrected chi connectivity index (χ1v) is 18.1. The highest BCUT2D eigenvalue weighted by Crippen LogP contribution is 2.43. The van der Waals surface area contributed by atoms with Crippen molar-refractivity contribution in [2.24, 2.45) is 11.8 Å². The predicted molar refractivity (Wildman–Crippen MR) is 199 cm³/mol. The molecule has 15 heteroatoms. The maximum absolute atomic E-state index is 16.1. The van der Waals surface area contributed by atoms with Crippen molar-refractivity contribution >= 4 is 41.2 Å². The predicted octanol–water partition coefficient (Wildman–Crippen LogP) is 2.69. The van der Waals surface area contributed by atoms with Crippen LogP contribution in [0.2, 0.25) is 0 Å². The van der Waals surface area contributed by atoms with Crippen molar-refractivity contribution in [1.82, 2.24) is 14.7 Å². The molecular weight excluding hydrogens is 702 g/mol. The van der Waals surface area contributed by atoms with Crippen LogP contribution < -0.4 is 0 Å². The largest absolute Gasteiger partial charge is 0.457 e.